The lowest BCUT2D eigenvalue weighted by atomic mass is 10.1. The van der Waals surface area contributed by atoms with Crippen LogP contribution in [-0.2, 0) is 26.2 Å². The quantitative estimate of drug-likeness (QED) is 0.0440. The molecule has 0 unspecified atom stereocenters. The van der Waals surface area contributed by atoms with E-state index in [9.17, 15) is 32.4 Å². The largest absolute Gasteiger partial charge is 0.383 e. The molecular weight excluding hydrogens is 1120 g/mol. The number of nitrogen functional groups attached to an aromatic ring is 2. The molecule has 10 rings (SSSR count). The number of pyridine rings is 2. The molecule has 6 heterocycles. The Bertz CT molecular complexity index is 3830. The second-order valence-electron chi connectivity index (χ2n) is 16.4. The summed E-state index contributed by atoms with van der Waals surface area (Å²) in [6, 6.07) is 31.7. The maximum Gasteiger partial charge on any atom is 0.255 e. The van der Waals surface area contributed by atoms with Crippen LogP contribution in [0.5, 0.6) is 0 Å². The molecule has 0 aliphatic carbocycles. The number of carbonyl (C=O) groups excluding carboxylic acids is 2. The smallest absolute Gasteiger partial charge is 0.255 e. The zero-order valence-corrected chi connectivity index (χ0v) is 42.6. The van der Waals surface area contributed by atoms with Gasteiger partial charge in [-0.3, -0.25) is 9.59 Å². The van der Waals surface area contributed by atoms with Crippen molar-refractivity contribution in [2.24, 2.45) is 0 Å². The molecule has 4 aromatic carbocycles. The number of rotatable bonds is 14. The minimum atomic E-state index is -0.997. The van der Waals surface area contributed by atoms with Gasteiger partial charge in [-0.1, -0.05) is 24.3 Å². The van der Waals surface area contributed by atoms with E-state index in [0.29, 0.717) is 47.2 Å². The van der Waals surface area contributed by atoms with E-state index in [-0.39, 0.29) is 35.9 Å². The first-order chi connectivity index (χ1) is 36.3. The van der Waals surface area contributed by atoms with Gasteiger partial charge < -0.3 is 32.7 Å². The molecule has 0 aliphatic rings. The van der Waals surface area contributed by atoms with Gasteiger partial charge in [0, 0.05) is 59.3 Å². The van der Waals surface area contributed by atoms with E-state index in [0.717, 1.165) is 80.3 Å². The summed E-state index contributed by atoms with van der Waals surface area (Å²) in [5, 5.41) is 22.7. The Morgan fingerprint density at radius 2 is 1.03 bits per heavy atom. The first kappa shape index (κ1) is 51.2. The number of hydrogen-bond donors (Lipinski definition) is 6. The molecule has 0 fully saturated rings. The van der Waals surface area contributed by atoms with E-state index in [1.54, 1.807) is 34.9 Å². The topological polar surface area (TPSA) is 235 Å². The fraction of sp³-hybridized carbons (Fsp3) is 0.0755. The summed E-state index contributed by atoms with van der Waals surface area (Å²) in [5.74, 6) is -3.17. The third-order valence-electron chi connectivity index (χ3n) is 11.3. The van der Waals surface area contributed by atoms with Gasteiger partial charge in [0.05, 0.1) is 40.8 Å². The van der Waals surface area contributed by atoms with Crippen LogP contribution in [0.1, 0.15) is 47.2 Å². The summed E-state index contributed by atoms with van der Waals surface area (Å²) >= 11 is 5.25. The molecule has 0 atom stereocenters. The molecule has 0 aliphatic heterocycles. The zero-order valence-electron chi connectivity index (χ0n) is 38.8. The maximum atomic E-state index is 13.5. The molecule has 374 valence electrons. The Morgan fingerprint density at radius 1 is 0.547 bits per heavy atom. The van der Waals surface area contributed by atoms with Crippen LogP contribution < -0.4 is 32.7 Å². The number of fused-ring (bicyclic) bond motifs is 2. The molecule has 2 amide bonds. The van der Waals surface area contributed by atoms with Crippen LogP contribution in [0.15, 0.2) is 134 Å². The molecule has 0 spiro atoms. The second-order valence-corrected chi connectivity index (χ2v) is 19.9. The van der Waals surface area contributed by atoms with Crippen LogP contribution in [0.2, 0.25) is 0 Å². The number of anilines is 4. The zero-order chi connectivity index (χ0) is 52.6. The number of benzene rings is 4. The van der Waals surface area contributed by atoms with Gasteiger partial charge >= 0.3 is 0 Å². The number of nitrogens with two attached hydrogens (primary N) is 2. The molecule has 0 radical (unpaired) electrons. The van der Waals surface area contributed by atoms with Gasteiger partial charge in [-0.05, 0) is 130 Å². The van der Waals surface area contributed by atoms with E-state index < -0.39 is 29.2 Å². The van der Waals surface area contributed by atoms with Crippen molar-refractivity contribution >= 4 is 102 Å². The summed E-state index contributed by atoms with van der Waals surface area (Å²) in [5.41, 5.74) is 17.1. The Labute approximate surface area is 446 Å². The highest BCUT2D eigenvalue weighted by Gasteiger charge is 2.18. The van der Waals surface area contributed by atoms with Crippen molar-refractivity contribution in [2.75, 3.05) is 22.1 Å². The number of aromatic nitrogens is 6. The van der Waals surface area contributed by atoms with Gasteiger partial charge in [-0.2, -0.15) is 5.26 Å². The number of amides is 2. The molecule has 0 saturated heterocycles. The van der Waals surface area contributed by atoms with E-state index >= 15 is 0 Å². The Kier molecular flexibility index (Phi) is 15.7. The lowest BCUT2D eigenvalue weighted by molar-refractivity contribution is 0.0943. The molecule has 0 bridgehead atoms. The number of nitrogens with zero attached hydrogens (tertiary/aromatic N) is 7. The minimum Gasteiger partial charge on any atom is -0.383 e. The van der Waals surface area contributed by atoms with Crippen molar-refractivity contribution in [3.8, 4) is 27.0 Å². The van der Waals surface area contributed by atoms with Crippen LogP contribution >= 0.6 is 45.3 Å². The lowest BCUT2D eigenvalue weighted by Gasteiger charge is -2.12. The van der Waals surface area contributed by atoms with Crippen LogP contribution in [0.25, 0.3) is 42.7 Å². The van der Waals surface area contributed by atoms with Gasteiger partial charge in [0.2, 0.25) is 0 Å². The fourth-order valence-electron chi connectivity index (χ4n) is 7.50. The van der Waals surface area contributed by atoms with Crippen molar-refractivity contribution in [1.82, 2.24) is 40.5 Å². The number of nitriles is 1. The molecule has 75 heavy (non-hydrogen) atoms. The summed E-state index contributed by atoms with van der Waals surface area (Å²) in [4.78, 5) is 55.1. The third-order valence-corrected chi connectivity index (χ3v) is 14.2. The predicted octanol–water partition coefficient (Wildman–Crippen LogP) is 10.8. The number of nitrogens with one attached hydrogen (secondary N) is 4. The Balaban J connectivity index is 0.000000184. The minimum absolute atomic E-state index is 0.0259. The standard InChI is InChI=1S/C27H19F2N7OS.C26H19F2IN6OS/c28-21-4-1-15(8-22(21)29)11-34-27(37)20-7-16(10-30)12-32-26(20)33-13-18-3-6-24(38-18)17-2-5-23-19(9-17)25(31)36-14-35-23;27-20-4-1-14(7-21(20)28)10-33-26(36)19-9-16(29)11-31-25(19)32-12-17-3-6-23(37-17)15-2-5-22-18(8-15)24(30)35-13-34-22/h1-9,12,14H,11,13H2,(H,32,33)(H,34,37)(H2,31,35,36);1-9,11,13H,10,12H2,(H,31,32)(H,33,36)(H2,30,34,35). The van der Waals surface area contributed by atoms with Gasteiger partial charge in [0.25, 0.3) is 11.8 Å². The molecule has 22 heteroatoms. The average molecular weight is 1160 g/mol. The van der Waals surface area contributed by atoms with Gasteiger partial charge in [0.1, 0.15) is 42.0 Å². The molecule has 0 saturated carbocycles. The molecule has 15 nitrogen and oxygen atoms in total. The number of halogens is 5. The molecule has 10 aromatic rings. The Hall–Kier alpha value is -8.66. The summed E-state index contributed by atoms with van der Waals surface area (Å²) < 4.78 is 54.1. The summed E-state index contributed by atoms with van der Waals surface area (Å²) in [7, 11) is 0. The predicted molar refractivity (Wildman–Crippen MR) is 290 cm³/mol. The number of carbonyl (C=O) groups is 2. The van der Waals surface area contributed by atoms with Crippen molar-refractivity contribution < 1.29 is 27.2 Å². The summed E-state index contributed by atoms with van der Waals surface area (Å²) in [6.07, 6.45) is 5.91. The number of thiophene rings is 2. The number of hydrogen-bond acceptors (Lipinski definition) is 15. The normalized spacial score (nSPS) is 10.9. The van der Waals surface area contributed by atoms with Crippen LogP contribution in [0, 0.1) is 38.2 Å². The van der Waals surface area contributed by atoms with Crippen LogP contribution in [0.3, 0.4) is 0 Å². The fourth-order valence-corrected chi connectivity index (χ4v) is 9.84. The third kappa shape index (κ3) is 12.4. The SMILES string of the molecule is N#Cc1cnc(NCc2ccc(-c3ccc4ncnc(N)c4c3)s2)c(C(=O)NCc2ccc(F)c(F)c2)c1.Nc1ncnc2ccc(-c3ccc(CNc4ncc(I)cc4C(=O)NCc4ccc(F)c(F)c4)s3)cc12. The van der Waals surface area contributed by atoms with E-state index in [1.165, 1.54) is 37.1 Å². The highest BCUT2D eigenvalue weighted by atomic mass is 127. The molecular formula is C53H38F4IN13O2S2. The van der Waals surface area contributed by atoms with Crippen molar-refractivity contribution in [2.45, 2.75) is 26.2 Å². The van der Waals surface area contributed by atoms with Gasteiger partial charge in [-0.15, -0.1) is 22.7 Å². The highest BCUT2D eigenvalue weighted by molar-refractivity contribution is 14.1. The van der Waals surface area contributed by atoms with Crippen LogP contribution in [0.4, 0.5) is 40.8 Å². The van der Waals surface area contributed by atoms with Crippen molar-refractivity contribution in [3.63, 3.8) is 0 Å². The van der Waals surface area contributed by atoms with Gasteiger partial charge in [0.15, 0.2) is 23.3 Å². The average Bonchev–Trinajstić information content (AvgIpc) is 4.12. The second kappa shape index (κ2) is 23.0. The molecule has 8 N–H and O–H groups in total. The van der Waals surface area contributed by atoms with Crippen molar-refractivity contribution in [1.29, 1.82) is 5.26 Å². The van der Waals surface area contributed by atoms with Gasteiger partial charge in [-0.25, -0.2) is 47.5 Å². The van der Waals surface area contributed by atoms with Crippen LogP contribution in [-0.4, -0.2) is 41.7 Å². The first-order valence-electron chi connectivity index (χ1n) is 22.4. The lowest BCUT2D eigenvalue weighted by Crippen LogP contribution is -2.24. The maximum absolute atomic E-state index is 13.5. The monoisotopic (exact) mass is 1160 g/mol. The summed E-state index contributed by atoms with van der Waals surface area (Å²) in [6.45, 7) is 0.866. The van der Waals surface area contributed by atoms with E-state index in [1.807, 2.05) is 66.7 Å². The van der Waals surface area contributed by atoms with E-state index in [4.69, 9.17) is 11.5 Å². The highest BCUT2D eigenvalue weighted by Crippen LogP contribution is 2.33. The van der Waals surface area contributed by atoms with E-state index in [2.05, 4.69) is 73.8 Å². The van der Waals surface area contributed by atoms with Crippen molar-refractivity contribution in [3.05, 3.63) is 199 Å². The first-order valence-corrected chi connectivity index (χ1v) is 25.2. The Morgan fingerprint density at radius 3 is 1.51 bits per heavy atom. The molecule has 6 aromatic heterocycles.